The molecule has 1 unspecified atom stereocenters. The van der Waals surface area contributed by atoms with Gasteiger partial charge in [0.25, 0.3) is 0 Å². The lowest BCUT2D eigenvalue weighted by Crippen LogP contribution is -2.29. The molecular formula is C15H20NO2. The van der Waals surface area contributed by atoms with Crippen LogP contribution in [0.3, 0.4) is 0 Å². The van der Waals surface area contributed by atoms with E-state index in [4.69, 9.17) is 10.1 Å². The molecule has 1 aromatic rings. The van der Waals surface area contributed by atoms with Crippen molar-refractivity contribution in [3.8, 4) is 0 Å². The Labute approximate surface area is 109 Å². The fraction of sp³-hybridized carbons (Fsp3) is 0.467. The van der Waals surface area contributed by atoms with Gasteiger partial charge in [0.15, 0.2) is 0 Å². The number of carbonyl (C=O) groups excluding carboxylic acids is 1. The van der Waals surface area contributed by atoms with Crippen LogP contribution in [0.4, 0.5) is 0 Å². The fourth-order valence-corrected chi connectivity index (χ4v) is 1.55. The van der Waals surface area contributed by atoms with Gasteiger partial charge in [-0.1, -0.05) is 31.2 Å². The van der Waals surface area contributed by atoms with E-state index in [2.05, 4.69) is 6.07 Å². The Hall–Kier alpha value is -1.64. The molecule has 0 aliphatic carbocycles. The molecule has 1 atom stereocenters. The van der Waals surface area contributed by atoms with Crippen molar-refractivity contribution >= 4 is 11.7 Å². The van der Waals surface area contributed by atoms with Crippen LogP contribution in [0.1, 0.15) is 45.6 Å². The predicted octanol–water partition coefficient (Wildman–Crippen LogP) is 3.34. The van der Waals surface area contributed by atoms with Gasteiger partial charge in [0.1, 0.15) is 11.3 Å². The molecule has 97 valence electrons. The van der Waals surface area contributed by atoms with Gasteiger partial charge in [-0.2, -0.15) is 0 Å². The lowest BCUT2D eigenvalue weighted by Gasteiger charge is -2.20. The molecule has 0 saturated carbocycles. The summed E-state index contributed by atoms with van der Waals surface area (Å²) in [5, 5.41) is 7.77. The summed E-state index contributed by atoms with van der Waals surface area (Å²) in [7, 11) is 0. The van der Waals surface area contributed by atoms with Crippen molar-refractivity contribution in [1.29, 1.82) is 5.41 Å². The maximum Gasteiger partial charge on any atom is 0.352 e. The van der Waals surface area contributed by atoms with E-state index in [9.17, 15) is 4.79 Å². The molecule has 3 heteroatoms. The molecular weight excluding hydrogens is 226 g/mol. The SMILES string of the molecule is CC(CC(=N)C(=O)OC(C)(C)C)c1[c]cccc1. The van der Waals surface area contributed by atoms with Gasteiger partial charge in [0.2, 0.25) is 0 Å². The first-order valence-corrected chi connectivity index (χ1v) is 6.07. The smallest absolute Gasteiger partial charge is 0.352 e. The van der Waals surface area contributed by atoms with Crippen LogP contribution in [0, 0.1) is 11.5 Å². The highest BCUT2D eigenvalue weighted by Crippen LogP contribution is 2.19. The minimum Gasteiger partial charge on any atom is -0.456 e. The van der Waals surface area contributed by atoms with Gasteiger partial charge in [0.05, 0.1) is 0 Å². The molecule has 0 aliphatic heterocycles. The summed E-state index contributed by atoms with van der Waals surface area (Å²) in [6, 6.07) is 10.7. The normalized spacial score (nSPS) is 12.9. The summed E-state index contributed by atoms with van der Waals surface area (Å²) in [6.07, 6.45) is 0.370. The van der Waals surface area contributed by atoms with Crippen LogP contribution < -0.4 is 0 Å². The Morgan fingerprint density at radius 3 is 2.61 bits per heavy atom. The number of nitrogens with one attached hydrogen (secondary N) is 1. The third-order valence-corrected chi connectivity index (χ3v) is 2.42. The van der Waals surface area contributed by atoms with Crippen molar-refractivity contribution in [2.75, 3.05) is 0 Å². The zero-order valence-corrected chi connectivity index (χ0v) is 11.4. The lowest BCUT2D eigenvalue weighted by atomic mass is 9.95. The summed E-state index contributed by atoms with van der Waals surface area (Å²) in [5.74, 6) is -0.448. The van der Waals surface area contributed by atoms with Crippen molar-refractivity contribution in [2.24, 2.45) is 0 Å². The first-order chi connectivity index (χ1) is 8.29. The van der Waals surface area contributed by atoms with Gasteiger partial charge < -0.3 is 4.74 Å². The molecule has 1 rings (SSSR count). The number of esters is 1. The van der Waals surface area contributed by atoms with Crippen LogP contribution in [0.2, 0.25) is 0 Å². The van der Waals surface area contributed by atoms with Gasteiger partial charge in [0, 0.05) is 6.42 Å². The van der Waals surface area contributed by atoms with Crippen LogP contribution in [0.5, 0.6) is 0 Å². The maximum absolute atomic E-state index is 11.7. The Kier molecular flexibility index (Phi) is 4.65. The second-order valence-electron chi connectivity index (χ2n) is 5.40. The average molecular weight is 246 g/mol. The Morgan fingerprint density at radius 1 is 1.44 bits per heavy atom. The third-order valence-electron chi connectivity index (χ3n) is 2.42. The molecule has 0 saturated heterocycles. The molecule has 0 fully saturated rings. The van der Waals surface area contributed by atoms with E-state index in [1.807, 2.05) is 31.2 Å². The Balaban J connectivity index is 2.58. The third kappa shape index (κ3) is 4.70. The second kappa shape index (κ2) is 5.80. The van der Waals surface area contributed by atoms with Crippen LogP contribution in [-0.2, 0) is 9.53 Å². The summed E-state index contributed by atoms with van der Waals surface area (Å²) < 4.78 is 5.16. The first-order valence-electron chi connectivity index (χ1n) is 6.07. The number of hydrogen-bond acceptors (Lipinski definition) is 3. The van der Waals surface area contributed by atoms with Crippen LogP contribution in [0.25, 0.3) is 0 Å². The van der Waals surface area contributed by atoms with Gasteiger partial charge >= 0.3 is 5.97 Å². The molecule has 18 heavy (non-hydrogen) atoms. The fourth-order valence-electron chi connectivity index (χ4n) is 1.55. The maximum atomic E-state index is 11.7. The van der Waals surface area contributed by atoms with Crippen molar-refractivity contribution in [2.45, 2.75) is 45.6 Å². The highest BCUT2D eigenvalue weighted by atomic mass is 16.6. The van der Waals surface area contributed by atoms with Crippen molar-refractivity contribution in [1.82, 2.24) is 0 Å². The molecule has 0 amide bonds. The molecule has 0 heterocycles. The van der Waals surface area contributed by atoms with E-state index in [1.54, 1.807) is 20.8 Å². The summed E-state index contributed by atoms with van der Waals surface area (Å²) in [5.41, 5.74) is 0.464. The highest BCUT2D eigenvalue weighted by Gasteiger charge is 2.21. The van der Waals surface area contributed by atoms with Gasteiger partial charge in [-0.3, -0.25) is 5.41 Å². The summed E-state index contributed by atoms with van der Waals surface area (Å²) in [4.78, 5) is 11.7. The molecule has 0 aromatic heterocycles. The zero-order valence-electron chi connectivity index (χ0n) is 11.4. The lowest BCUT2D eigenvalue weighted by molar-refractivity contribution is -0.146. The average Bonchev–Trinajstić information content (AvgIpc) is 2.27. The predicted molar refractivity (Wildman–Crippen MR) is 71.9 cm³/mol. The Bertz CT molecular complexity index is 418. The quantitative estimate of drug-likeness (QED) is 0.654. The molecule has 1 N–H and O–H groups in total. The van der Waals surface area contributed by atoms with E-state index in [0.29, 0.717) is 6.42 Å². The monoisotopic (exact) mass is 246 g/mol. The van der Waals surface area contributed by atoms with Crippen LogP contribution >= 0.6 is 0 Å². The van der Waals surface area contributed by atoms with E-state index in [1.165, 1.54) is 0 Å². The van der Waals surface area contributed by atoms with Gasteiger partial charge in [-0.25, -0.2) is 4.79 Å². The van der Waals surface area contributed by atoms with Crippen LogP contribution in [0.15, 0.2) is 24.3 Å². The second-order valence-corrected chi connectivity index (χ2v) is 5.40. The standard InChI is InChI=1S/C15H20NO2/c1-11(12-8-6-5-7-9-12)10-13(16)14(17)18-15(2,3)4/h5-8,11,16H,10H2,1-4H3. The molecule has 0 aliphatic rings. The van der Waals surface area contributed by atoms with Crippen molar-refractivity contribution in [3.63, 3.8) is 0 Å². The van der Waals surface area contributed by atoms with E-state index < -0.39 is 11.6 Å². The topological polar surface area (TPSA) is 50.2 Å². The molecule has 0 spiro atoms. The van der Waals surface area contributed by atoms with E-state index in [0.717, 1.165) is 5.56 Å². The largest absolute Gasteiger partial charge is 0.456 e. The van der Waals surface area contributed by atoms with Gasteiger partial charge in [-0.15, -0.1) is 0 Å². The minimum atomic E-state index is -0.550. The van der Waals surface area contributed by atoms with Crippen molar-refractivity contribution in [3.05, 3.63) is 35.9 Å². The van der Waals surface area contributed by atoms with Crippen molar-refractivity contribution < 1.29 is 9.53 Å². The van der Waals surface area contributed by atoms with E-state index in [-0.39, 0.29) is 11.6 Å². The molecule has 0 bridgehead atoms. The number of carbonyl (C=O) groups is 1. The van der Waals surface area contributed by atoms with Gasteiger partial charge in [-0.05, 0) is 38.3 Å². The number of rotatable bonds is 4. The van der Waals surface area contributed by atoms with E-state index >= 15 is 0 Å². The first kappa shape index (κ1) is 14.4. The number of ether oxygens (including phenoxy) is 1. The summed E-state index contributed by atoms with van der Waals surface area (Å²) in [6.45, 7) is 7.37. The number of benzene rings is 1. The molecule has 3 nitrogen and oxygen atoms in total. The zero-order chi connectivity index (χ0) is 13.8. The Morgan fingerprint density at radius 2 is 2.11 bits per heavy atom. The molecule has 1 radical (unpaired) electrons. The number of hydrogen-bond donors (Lipinski definition) is 1. The molecule has 1 aromatic carbocycles. The minimum absolute atomic E-state index is 0.00896. The van der Waals surface area contributed by atoms with Crippen LogP contribution in [-0.4, -0.2) is 17.3 Å². The highest BCUT2D eigenvalue weighted by molar-refractivity contribution is 6.35. The summed E-state index contributed by atoms with van der Waals surface area (Å²) >= 11 is 0.